The lowest BCUT2D eigenvalue weighted by Gasteiger charge is -2.26. The van der Waals surface area contributed by atoms with Crippen LogP contribution in [0.1, 0.15) is 41.7 Å². The van der Waals surface area contributed by atoms with Crippen LogP contribution in [0.4, 0.5) is 0 Å². The normalized spacial score (nSPS) is 17.4. The highest BCUT2D eigenvalue weighted by molar-refractivity contribution is 5.94. The number of amides is 1. The van der Waals surface area contributed by atoms with Crippen LogP contribution in [0.15, 0.2) is 18.3 Å². The zero-order valence-electron chi connectivity index (χ0n) is 11.1. The number of hydrogen-bond acceptors (Lipinski definition) is 4. The van der Waals surface area contributed by atoms with Gasteiger partial charge in [-0.15, -0.1) is 0 Å². The number of rotatable bonds is 5. The maximum absolute atomic E-state index is 12.1. The van der Waals surface area contributed by atoms with Crippen LogP contribution >= 0.6 is 0 Å². The van der Waals surface area contributed by atoms with Gasteiger partial charge in [-0.05, 0) is 25.0 Å². The molecular formula is C14H21N3O2. The molecule has 1 fully saturated rings. The molecule has 1 aliphatic rings. The average Bonchev–Trinajstić information content (AvgIpc) is 2.94. The molecule has 1 heterocycles. The van der Waals surface area contributed by atoms with Crippen LogP contribution in [0.3, 0.4) is 0 Å². The van der Waals surface area contributed by atoms with Crippen LogP contribution in [-0.4, -0.2) is 29.1 Å². The highest BCUT2D eigenvalue weighted by Gasteiger charge is 2.33. The molecule has 1 aliphatic carbocycles. The number of pyridine rings is 1. The molecule has 1 amide bonds. The van der Waals surface area contributed by atoms with Crippen LogP contribution in [0, 0.1) is 5.41 Å². The Morgan fingerprint density at radius 3 is 2.84 bits per heavy atom. The van der Waals surface area contributed by atoms with Crippen molar-refractivity contribution < 1.29 is 9.90 Å². The molecule has 1 aromatic rings. The molecule has 1 saturated carbocycles. The van der Waals surface area contributed by atoms with Crippen molar-refractivity contribution in [1.82, 2.24) is 10.3 Å². The quantitative estimate of drug-likeness (QED) is 0.734. The van der Waals surface area contributed by atoms with Gasteiger partial charge in [0.1, 0.15) is 0 Å². The summed E-state index contributed by atoms with van der Waals surface area (Å²) < 4.78 is 0. The number of aliphatic hydroxyl groups excluding tert-OH is 1. The van der Waals surface area contributed by atoms with Crippen LogP contribution in [0.2, 0.25) is 0 Å². The van der Waals surface area contributed by atoms with Crippen molar-refractivity contribution in [3.05, 3.63) is 29.6 Å². The number of nitrogens with one attached hydrogen (secondary N) is 1. The van der Waals surface area contributed by atoms with Crippen molar-refractivity contribution in [2.75, 3.05) is 13.2 Å². The van der Waals surface area contributed by atoms with Gasteiger partial charge < -0.3 is 16.2 Å². The maximum Gasteiger partial charge on any atom is 0.251 e. The fourth-order valence-electron chi connectivity index (χ4n) is 2.62. The van der Waals surface area contributed by atoms with Gasteiger partial charge in [-0.1, -0.05) is 12.8 Å². The lowest BCUT2D eigenvalue weighted by atomic mass is 9.87. The summed E-state index contributed by atoms with van der Waals surface area (Å²) in [5.74, 6) is -0.128. The molecule has 0 bridgehead atoms. The molecule has 0 aromatic carbocycles. The second-order valence-electron chi connectivity index (χ2n) is 5.29. The van der Waals surface area contributed by atoms with E-state index < -0.39 is 0 Å². The molecule has 19 heavy (non-hydrogen) atoms. The van der Waals surface area contributed by atoms with Gasteiger partial charge in [0, 0.05) is 30.3 Å². The fourth-order valence-corrected chi connectivity index (χ4v) is 2.62. The van der Waals surface area contributed by atoms with Gasteiger partial charge in [0.15, 0.2) is 0 Å². The summed E-state index contributed by atoms with van der Waals surface area (Å²) >= 11 is 0. The Morgan fingerprint density at radius 2 is 2.21 bits per heavy atom. The highest BCUT2D eigenvalue weighted by atomic mass is 16.3. The second kappa shape index (κ2) is 6.12. The van der Waals surface area contributed by atoms with Gasteiger partial charge in [-0.3, -0.25) is 9.78 Å². The van der Waals surface area contributed by atoms with E-state index in [1.165, 1.54) is 0 Å². The minimum absolute atomic E-state index is 0.126. The van der Waals surface area contributed by atoms with Crippen LogP contribution in [-0.2, 0) is 6.54 Å². The zero-order chi connectivity index (χ0) is 13.7. The van der Waals surface area contributed by atoms with Gasteiger partial charge >= 0.3 is 0 Å². The first-order valence-electron chi connectivity index (χ1n) is 6.73. The Morgan fingerprint density at radius 1 is 1.47 bits per heavy atom. The average molecular weight is 263 g/mol. The van der Waals surface area contributed by atoms with E-state index in [9.17, 15) is 9.90 Å². The summed E-state index contributed by atoms with van der Waals surface area (Å²) in [4.78, 5) is 16.1. The van der Waals surface area contributed by atoms with Crippen LogP contribution < -0.4 is 11.1 Å². The molecule has 0 aliphatic heterocycles. The SMILES string of the molecule is NCc1cc(C(=O)NCC2(CO)CCCC2)ccn1. The summed E-state index contributed by atoms with van der Waals surface area (Å²) in [6.07, 6.45) is 5.81. The summed E-state index contributed by atoms with van der Waals surface area (Å²) in [5.41, 5.74) is 6.65. The van der Waals surface area contributed by atoms with Crippen molar-refractivity contribution in [3.63, 3.8) is 0 Å². The molecule has 0 atom stereocenters. The summed E-state index contributed by atoms with van der Waals surface area (Å²) in [5, 5.41) is 12.4. The topological polar surface area (TPSA) is 88.2 Å². The largest absolute Gasteiger partial charge is 0.396 e. The first-order chi connectivity index (χ1) is 9.19. The van der Waals surface area contributed by atoms with E-state index >= 15 is 0 Å². The molecule has 0 radical (unpaired) electrons. The van der Waals surface area contributed by atoms with Crippen molar-refractivity contribution in [1.29, 1.82) is 0 Å². The summed E-state index contributed by atoms with van der Waals surface area (Å²) in [6.45, 7) is 0.988. The number of hydrogen-bond donors (Lipinski definition) is 3. The lowest BCUT2D eigenvalue weighted by Crippen LogP contribution is -2.38. The van der Waals surface area contributed by atoms with Gasteiger partial charge in [-0.25, -0.2) is 0 Å². The number of carbonyl (C=O) groups excluding carboxylic acids is 1. The predicted molar refractivity (Wildman–Crippen MR) is 72.4 cm³/mol. The monoisotopic (exact) mass is 263 g/mol. The molecule has 1 aromatic heterocycles. The number of aromatic nitrogens is 1. The number of aliphatic hydroxyl groups is 1. The van der Waals surface area contributed by atoms with E-state index in [1.807, 2.05) is 0 Å². The second-order valence-corrected chi connectivity index (χ2v) is 5.29. The third-order valence-electron chi connectivity index (χ3n) is 3.91. The first-order valence-corrected chi connectivity index (χ1v) is 6.73. The van der Waals surface area contributed by atoms with Crippen molar-refractivity contribution in [2.24, 2.45) is 11.1 Å². The van der Waals surface area contributed by atoms with E-state index in [2.05, 4.69) is 10.3 Å². The molecular weight excluding hydrogens is 242 g/mol. The van der Waals surface area contributed by atoms with Gasteiger partial charge in [0.05, 0.1) is 12.3 Å². The van der Waals surface area contributed by atoms with Gasteiger partial charge in [0.2, 0.25) is 0 Å². The van der Waals surface area contributed by atoms with Gasteiger partial charge in [-0.2, -0.15) is 0 Å². The third-order valence-corrected chi connectivity index (χ3v) is 3.91. The fraction of sp³-hybridized carbons (Fsp3) is 0.571. The number of nitrogens with zero attached hydrogens (tertiary/aromatic N) is 1. The van der Waals surface area contributed by atoms with Crippen LogP contribution in [0.5, 0.6) is 0 Å². The molecule has 0 saturated heterocycles. The van der Waals surface area contributed by atoms with E-state index in [0.717, 1.165) is 25.7 Å². The Hall–Kier alpha value is -1.46. The first kappa shape index (κ1) is 14.0. The Balaban J connectivity index is 1.97. The lowest BCUT2D eigenvalue weighted by molar-refractivity contribution is 0.0880. The van der Waals surface area contributed by atoms with E-state index in [1.54, 1.807) is 18.3 Å². The Kier molecular flexibility index (Phi) is 4.50. The third kappa shape index (κ3) is 3.30. The summed E-state index contributed by atoms with van der Waals surface area (Å²) in [7, 11) is 0. The molecule has 104 valence electrons. The Labute approximate surface area is 113 Å². The van der Waals surface area contributed by atoms with Crippen molar-refractivity contribution in [2.45, 2.75) is 32.2 Å². The standard InChI is InChI=1S/C14H21N3O2/c15-8-12-7-11(3-6-16-12)13(19)17-9-14(10-18)4-1-2-5-14/h3,6-7,18H,1-2,4-5,8-10,15H2,(H,17,19). The minimum Gasteiger partial charge on any atom is -0.396 e. The van der Waals surface area contributed by atoms with Gasteiger partial charge in [0.25, 0.3) is 5.91 Å². The van der Waals surface area contributed by atoms with E-state index in [4.69, 9.17) is 5.73 Å². The minimum atomic E-state index is -0.128. The number of carbonyl (C=O) groups is 1. The van der Waals surface area contributed by atoms with E-state index in [0.29, 0.717) is 24.3 Å². The zero-order valence-corrected chi connectivity index (χ0v) is 11.1. The number of nitrogens with two attached hydrogens (primary N) is 1. The molecule has 2 rings (SSSR count). The maximum atomic E-state index is 12.1. The summed E-state index contributed by atoms with van der Waals surface area (Å²) in [6, 6.07) is 3.38. The molecule has 0 spiro atoms. The van der Waals surface area contributed by atoms with Crippen molar-refractivity contribution >= 4 is 5.91 Å². The van der Waals surface area contributed by atoms with E-state index in [-0.39, 0.29) is 17.9 Å². The smallest absolute Gasteiger partial charge is 0.251 e. The Bertz CT molecular complexity index is 442. The van der Waals surface area contributed by atoms with Crippen molar-refractivity contribution in [3.8, 4) is 0 Å². The van der Waals surface area contributed by atoms with Crippen LogP contribution in [0.25, 0.3) is 0 Å². The predicted octanol–water partition coefficient (Wildman–Crippen LogP) is 0.823. The highest BCUT2D eigenvalue weighted by Crippen LogP contribution is 2.36. The molecule has 4 N–H and O–H groups in total. The molecule has 5 heteroatoms. The molecule has 0 unspecified atom stereocenters. The molecule has 5 nitrogen and oxygen atoms in total.